The maximum atomic E-state index is 9.61. The first-order valence-corrected chi connectivity index (χ1v) is 17.1. The van der Waals surface area contributed by atoms with E-state index in [9.17, 15) is 2.74 Å². The normalized spacial score (nSPS) is 13.0. The lowest BCUT2D eigenvalue weighted by Crippen LogP contribution is -2.05. The van der Waals surface area contributed by atoms with Gasteiger partial charge in [0.1, 0.15) is 11.6 Å². The number of para-hydroxylation sites is 7. The van der Waals surface area contributed by atoms with E-state index in [2.05, 4.69) is 69.8 Å². The maximum absolute atomic E-state index is 9.61. The summed E-state index contributed by atoms with van der Waals surface area (Å²) in [5.41, 5.74) is 7.05. The summed E-state index contributed by atoms with van der Waals surface area (Å²) in [4.78, 5) is 5.46. The van der Waals surface area contributed by atoms with Crippen molar-refractivity contribution in [1.82, 2.24) is 18.7 Å². The zero-order valence-corrected chi connectivity index (χ0v) is 27.3. The van der Waals surface area contributed by atoms with Crippen molar-refractivity contribution in [2.45, 2.75) is 0 Å². The van der Waals surface area contributed by atoms with Crippen LogP contribution in [-0.2, 0) is 0 Å². The fraction of sp³-hybridized carbons (Fsp3) is 0. The largest absolute Gasteiger partial charge is 0.309 e. The predicted octanol–water partition coefficient (Wildman–Crippen LogP) is 12.0. The topological polar surface area (TPSA) is 27.7 Å². The average molecular weight is 655 g/mol. The Labute approximate surface area is 299 Å². The summed E-state index contributed by atoms with van der Waals surface area (Å²) in [5, 5.41) is 6.38. The van der Waals surface area contributed by atoms with Crippen LogP contribution in [-0.4, -0.2) is 18.7 Å². The number of nitrogens with zero attached hydrogens (tertiary/aromatic N) is 4. The van der Waals surface area contributed by atoms with Gasteiger partial charge in [-0.1, -0.05) is 127 Å². The van der Waals surface area contributed by atoms with Crippen molar-refractivity contribution >= 4 is 65.4 Å². The zero-order valence-electron chi connectivity index (χ0n) is 31.3. The number of rotatable bonds is 4. The number of benzene rings is 7. The molecule has 4 heteroatoms. The molecule has 0 saturated heterocycles. The summed E-state index contributed by atoms with van der Waals surface area (Å²) in [6.07, 6.45) is 0. The van der Waals surface area contributed by atoms with Gasteiger partial charge in [0.2, 0.25) is 0 Å². The van der Waals surface area contributed by atoms with Crippen molar-refractivity contribution in [3.8, 4) is 28.5 Å². The third kappa shape index (κ3) is 4.05. The molecule has 4 aromatic heterocycles. The van der Waals surface area contributed by atoms with Crippen LogP contribution in [0.15, 0.2) is 182 Å². The summed E-state index contributed by atoms with van der Waals surface area (Å²) in [6, 6.07) is 52.4. The predicted molar refractivity (Wildman–Crippen MR) is 213 cm³/mol. The minimum atomic E-state index is -0.293. The van der Waals surface area contributed by atoms with Crippen LogP contribution in [0.3, 0.4) is 0 Å². The minimum absolute atomic E-state index is 0.115. The fourth-order valence-electron chi connectivity index (χ4n) is 8.06. The second kappa shape index (κ2) is 10.8. The van der Waals surface area contributed by atoms with E-state index < -0.39 is 0 Å². The molecule has 0 spiro atoms. The van der Waals surface area contributed by atoms with Crippen molar-refractivity contribution in [3.05, 3.63) is 182 Å². The number of fused-ring (bicyclic) bond motifs is 9. The molecule has 0 aliphatic heterocycles. The Morgan fingerprint density at radius 2 is 0.686 bits per heavy atom. The average Bonchev–Trinajstić information content (AvgIpc) is 3.87. The maximum Gasteiger partial charge on any atom is 0.140 e. The third-order valence-electron chi connectivity index (χ3n) is 10.2. The SMILES string of the molecule is [2H]c1c([2H])c([2H])c(-n2c3ccccc3c3ccccc32)c(-c2cc(-n3c4ccccc4c4ccccc43)nc(-n3c4ccccc4c4ccccc43)c2)c1[2H]. The van der Waals surface area contributed by atoms with Crippen molar-refractivity contribution in [3.63, 3.8) is 0 Å². The lowest BCUT2D eigenvalue weighted by Gasteiger charge is -2.17. The van der Waals surface area contributed by atoms with Gasteiger partial charge in [-0.3, -0.25) is 9.13 Å². The standard InChI is InChI=1S/C47H30N4/c1-8-22-39(49-40-23-9-2-16-33(40)34-17-3-10-24-41(34)49)32(15-1)31-29-46(50-42-25-11-4-18-35(42)36-19-5-12-26-43(36)50)48-47(30-31)51-44-27-13-6-20-37(44)38-21-7-14-28-45(38)51/h1-30H/i1D,8D,15D,22D. The molecule has 0 aliphatic carbocycles. The lowest BCUT2D eigenvalue weighted by atomic mass is 10.0. The molecule has 0 bridgehead atoms. The summed E-state index contributed by atoms with van der Waals surface area (Å²) < 4.78 is 43.4. The first-order chi connectivity index (χ1) is 27.0. The highest BCUT2D eigenvalue weighted by Crippen LogP contribution is 2.39. The molecule has 11 rings (SSSR count). The van der Waals surface area contributed by atoms with E-state index in [1.807, 2.05) is 102 Å². The van der Waals surface area contributed by atoms with E-state index in [1.165, 1.54) is 0 Å². The smallest absolute Gasteiger partial charge is 0.140 e. The van der Waals surface area contributed by atoms with Crippen LogP contribution in [0.5, 0.6) is 0 Å². The Morgan fingerprint density at radius 1 is 0.373 bits per heavy atom. The van der Waals surface area contributed by atoms with E-state index in [0.717, 1.165) is 65.4 Å². The summed E-state index contributed by atoms with van der Waals surface area (Å²) in [5.74, 6) is 1.26. The molecule has 0 radical (unpaired) electrons. The molecule has 0 fully saturated rings. The van der Waals surface area contributed by atoms with Crippen LogP contribution >= 0.6 is 0 Å². The molecule has 0 N–H and O–H groups in total. The monoisotopic (exact) mass is 654 g/mol. The molecule has 0 unspecified atom stereocenters. The first kappa shape index (κ1) is 24.3. The summed E-state index contributed by atoms with van der Waals surface area (Å²) >= 11 is 0. The number of hydrogen-bond donors (Lipinski definition) is 0. The first-order valence-electron chi connectivity index (χ1n) is 19.1. The van der Waals surface area contributed by atoms with E-state index in [1.54, 1.807) is 0 Å². The molecule has 11 aromatic rings. The Hall–Kier alpha value is -6.91. The zero-order chi connectivity index (χ0) is 36.9. The molecule has 0 atom stereocenters. The van der Waals surface area contributed by atoms with E-state index >= 15 is 0 Å². The molecule has 51 heavy (non-hydrogen) atoms. The van der Waals surface area contributed by atoms with E-state index in [4.69, 9.17) is 7.73 Å². The van der Waals surface area contributed by atoms with Crippen LogP contribution in [0.4, 0.5) is 0 Å². The van der Waals surface area contributed by atoms with E-state index in [-0.39, 0.29) is 24.2 Å². The Morgan fingerprint density at radius 3 is 1.06 bits per heavy atom. The number of aromatic nitrogens is 4. The molecule has 0 saturated carbocycles. The van der Waals surface area contributed by atoms with Gasteiger partial charge in [0, 0.05) is 37.9 Å². The molecule has 4 heterocycles. The van der Waals surface area contributed by atoms with Crippen LogP contribution < -0.4 is 0 Å². The van der Waals surface area contributed by atoms with E-state index in [0.29, 0.717) is 28.5 Å². The highest BCUT2D eigenvalue weighted by molar-refractivity contribution is 6.11. The molecule has 4 nitrogen and oxygen atoms in total. The van der Waals surface area contributed by atoms with Gasteiger partial charge in [-0.2, -0.15) is 0 Å². The Kier molecular flexibility index (Phi) is 5.14. The molecule has 7 aromatic carbocycles. The van der Waals surface area contributed by atoms with Crippen LogP contribution in [0, 0.1) is 0 Å². The van der Waals surface area contributed by atoms with Crippen molar-refractivity contribution in [2.75, 3.05) is 0 Å². The molecule has 0 amide bonds. The Bertz CT molecular complexity index is 3100. The van der Waals surface area contributed by atoms with Gasteiger partial charge in [0.05, 0.1) is 44.3 Å². The Balaban J connectivity index is 1.32. The van der Waals surface area contributed by atoms with Gasteiger partial charge < -0.3 is 4.57 Å². The third-order valence-corrected chi connectivity index (χ3v) is 10.2. The summed E-state index contributed by atoms with van der Waals surface area (Å²) in [6.45, 7) is 0. The minimum Gasteiger partial charge on any atom is -0.309 e. The highest BCUT2D eigenvalue weighted by atomic mass is 15.1. The second-order valence-electron chi connectivity index (χ2n) is 12.9. The van der Waals surface area contributed by atoms with Gasteiger partial charge in [-0.15, -0.1) is 0 Å². The number of hydrogen-bond acceptors (Lipinski definition) is 1. The molecule has 0 aliphatic rings. The molecular weight excluding hydrogens is 621 g/mol. The van der Waals surface area contributed by atoms with Gasteiger partial charge in [0.25, 0.3) is 0 Å². The fourth-order valence-corrected chi connectivity index (χ4v) is 8.06. The highest BCUT2D eigenvalue weighted by Gasteiger charge is 2.20. The lowest BCUT2D eigenvalue weighted by molar-refractivity contribution is 1.01. The van der Waals surface area contributed by atoms with Crippen molar-refractivity contribution in [2.24, 2.45) is 0 Å². The molecular formula is C47H30N4. The second-order valence-corrected chi connectivity index (χ2v) is 12.9. The number of pyridine rings is 1. The van der Waals surface area contributed by atoms with Gasteiger partial charge in [0.15, 0.2) is 0 Å². The molecule has 238 valence electrons. The summed E-state index contributed by atoms with van der Waals surface area (Å²) in [7, 11) is 0. The van der Waals surface area contributed by atoms with Gasteiger partial charge in [-0.25, -0.2) is 4.98 Å². The van der Waals surface area contributed by atoms with Crippen LogP contribution in [0.2, 0.25) is 0 Å². The van der Waals surface area contributed by atoms with Gasteiger partial charge in [-0.05, 0) is 60.1 Å². The van der Waals surface area contributed by atoms with Crippen molar-refractivity contribution in [1.29, 1.82) is 0 Å². The van der Waals surface area contributed by atoms with Crippen LogP contribution in [0.1, 0.15) is 5.48 Å². The van der Waals surface area contributed by atoms with Crippen molar-refractivity contribution < 1.29 is 5.48 Å². The quantitative estimate of drug-likeness (QED) is 0.186. The van der Waals surface area contributed by atoms with Gasteiger partial charge >= 0.3 is 0 Å². The van der Waals surface area contributed by atoms with Crippen LogP contribution in [0.25, 0.3) is 93.9 Å².